The second-order valence-corrected chi connectivity index (χ2v) is 7.53. The lowest BCUT2D eigenvalue weighted by Gasteiger charge is -2.26. The molecule has 5 nitrogen and oxygen atoms in total. The number of carbonyl (C=O) groups is 1. The summed E-state index contributed by atoms with van der Waals surface area (Å²) < 4.78 is 17.1. The average Bonchev–Trinajstić information content (AvgIpc) is 2.68. The Morgan fingerprint density at radius 1 is 1.04 bits per heavy atom. The molecule has 1 heterocycles. The third-order valence-electron chi connectivity index (χ3n) is 4.86. The van der Waals surface area contributed by atoms with Crippen LogP contribution in [0.5, 0.6) is 17.2 Å². The monoisotopic (exact) mass is 439 g/mol. The number of ether oxygens (including phenoxy) is 3. The molecule has 6 heteroatoms. The molecule has 0 fully saturated rings. The Bertz CT molecular complexity index is 687. The molecule has 0 aromatic heterocycles. The van der Waals surface area contributed by atoms with Crippen LogP contribution in [0.2, 0.25) is 0 Å². The van der Waals surface area contributed by atoms with Gasteiger partial charge in [0.1, 0.15) is 0 Å². The fourth-order valence-electron chi connectivity index (χ4n) is 3.34. The topological polar surface area (TPSA) is 48.0 Å². The largest absolute Gasteiger partial charge is 0.493 e. The Labute approximate surface area is 170 Å². The van der Waals surface area contributed by atoms with Gasteiger partial charge in [0.2, 0.25) is 11.7 Å². The first-order valence-electron chi connectivity index (χ1n) is 9.52. The molecular weight excluding hydrogens is 410 g/mol. The molecule has 1 aliphatic heterocycles. The zero-order valence-corrected chi connectivity index (χ0v) is 18.4. The van der Waals surface area contributed by atoms with E-state index in [0.29, 0.717) is 30.2 Å². The summed E-state index contributed by atoms with van der Waals surface area (Å²) in [7, 11) is 4.76. The van der Waals surface area contributed by atoms with Crippen molar-refractivity contribution in [1.29, 1.82) is 0 Å². The summed E-state index contributed by atoms with van der Waals surface area (Å²) >= 11 is 3.60. The quantitative estimate of drug-likeness (QED) is 0.454. The zero-order valence-electron chi connectivity index (χ0n) is 16.8. The average molecular weight is 440 g/mol. The highest BCUT2D eigenvalue weighted by Crippen LogP contribution is 2.45. The third-order valence-corrected chi connectivity index (χ3v) is 5.73. The normalized spacial score (nSPS) is 14.2. The number of hydrogen-bond acceptors (Lipinski definition) is 4. The van der Waals surface area contributed by atoms with Gasteiger partial charge in [-0.15, -0.1) is 0 Å². The molecule has 0 unspecified atom stereocenters. The van der Waals surface area contributed by atoms with E-state index in [1.807, 2.05) is 17.2 Å². The molecule has 1 aromatic rings. The fraction of sp³-hybridized carbons (Fsp3) is 0.571. The van der Waals surface area contributed by atoms with Crippen LogP contribution < -0.4 is 14.2 Å². The minimum atomic E-state index is 0.146. The number of amides is 1. The Balaban J connectivity index is 2.22. The van der Waals surface area contributed by atoms with Crippen molar-refractivity contribution in [2.24, 2.45) is 0 Å². The number of unbranched alkanes of at least 4 members (excludes halogenated alkanes) is 3. The van der Waals surface area contributed by atoms with Crippen LogP contribution in [0, 0.1) is 0 Å². The number of benzene rings is 1. The van der Waals surface area contributed by atoms with Gasteiger partial charge in [-0.1, -0.05) is 31.8 Å². The van der Waals surface area contributed by atoms with Crippen LogP contribution in [0.1, 0.15) is 57.4 Å². The first-order chi connectivity index (χ1) is 13.0. The van der Waals surface area contributed by atoms with E-state index in [9.17, 15) is 4.79 Å². The van der Waals surface area contributed by atoms with Crippen molar-refractivity contribution in [2.45, 2.75) is 58.4 Å². The molecule has 2 rings (SSSR count). The maximum Gasteiger partial charge on any atom is 0.227 e. The molecule has 0 saturated heterocycles. The van der Waals surface area contributed by atoms with Crippen molar-refractivity contribution in [3.63, 3.8) is 0 Å². The zero-order chi connectivity index (χ0) is 19.8. The van der Waals surface area contributed by atoms with Gasteiger partial charge in [0.05, 0.1) is 32.3 Å². The molecule has 0 radical (unpaired) electrons. The van der Waals surface area contributed by atoms with E-state index in [4.69, 9.17) is 14.2 Å². The molecule has 0 N–H and O–H groups in total. The lowest BCUT2D eigenvalue weighted by atomic mass is 9.99. The standard InChI is InChI=1S/C21H30BrNO4/c1-5-6-7-8-9-15-10-11-18(24)23(13-15)14-16-12-17(25-2)20(26-3)21(27-4)19(16)22/h12-13H,5-11,14H2,1-4H3. The second kappa shape index (κ2) is 10.6. The van der Waals surface area contributed by atoms with Crippen LogP contribution in [0.3, 0.4) is 0 Å². The Morgan fingerprint density at radius 3 is 2.41 bits per heavy atom. The number of rotatable bonds is 10. The smallest absolute Gasteiger partial charge is 0.227 e. The molecule has 0 spiro atoms. The van der Waals surface area contributed by atoms with Crippen molar-refractivity contribution >= 4 is 21.8 Å². The van der Waals surface area contributed by atoms with Gasteiger partial charge in [0.25, 0.3) is 0 Å². The molecule has 0 aliphatic carbocycles. The lowest BCUT2D eigenvalue weighted by Crippen LogP contribution is -2.29. The van der Waals surface area contributed by atoms with Gasteiger partial charge in [-0.25, -0.2) is 0 Å². The molecule has 0 saturated carbocycles. The highest BCUT2D eigenvalue weighted by atomic mass is 79.9. The highest BCUT2D eigenvalue weighted by molar-refractivity contribution is 9.10. The van der Waals surface area contributed by atoms with Gasteiger partial charge >= 0.3 is 0 Å². The van der Waals surface area contributed by atoms with E-state index in [1.165, 1.54) is 31.3 Å². The van der Waals surface area contributed by atoms with Crippen LogP contribution >= 0.6 is 15.9 Å². The Hall–Kier alpha value is -1.69. The molecular formula is C21H30BrNO4. The Kier molecular flexibility index (Phi) is 8.48. The predicted octanol–water partition coefficient (Wildman–Crippen LogP) is 5.45. The molecule has 150 valence electrons. The lowest BCUT2D eigenvalue weighted by molar-refractivity contribution is -0.129. The maximum atomic E-state index is 12.4. The van der Waals surface area contributed by atoms with E-state index in [0.717, 1.165) is 22.9 Å². The van der Waals surface area contributed by atoms with E-state index >= 15 is 0 Å². The number of allylic oxidation sites excluding steroid dienone is 1. The Morgan fingerprint density at radius 2 is 1.78 bits per heavy atom. The molecule has 1 aliphatic rings. The molecule has 1 aromatic carbocycles. The summed E-state index contributed by atoms with van der Waals surface area (Å²) in [5.74, 6) is 1.83. The van der Waals surface area contributed by atoms with E-state index < -0.39 is 0 Å². The number of nitrogens with zero attached hydrogens (tertiary/aromatic N) is 1. The van der Waals surface area contributed by atoms with E-state index in [-0.39, 0.29) is 5.91 Å². The summed E-state index contributed by atoms with van der Waals surface area (Å²) in [5.41, 5.74) is 2.27. The number of hydrogen-bond donors (Lipinski definition) is 0. The summed E-state index contributed by atoms with van der Waals surface area (Å²) in [6.45, 7) is 2.68. The third kappa shape index (κ3) is 5.41. The van der Waals surface area contributed by atoms with Crippen LogP contribution in [-0.2, 0) is 11.3 Å². The summed E-state index contributed by atoms with van der Waals surface area (Å²) in [6, 6.07) is 1.89. The molecule has 1 amide bonds. The van der Waals surface area contributed by atoms with Gasteiger partial charge in [-0.2, -0.15) is 0 Å². The number of carbonyl (C=O) groups excluding carboxylic acids is 1. The predicted molar refractivity (Wildman–Crippen MR) is 110 cm³/mol. The van der Waals surface area contributed by atoms with Gasteiger partial charge in [0, 0.05) is 12.6 Å². The SMILES string of the molecule is CCCCCCC1=CN(Cc2cc(OC)c(OC)c(OC)c2Br)C(=O)CC1. The molecule has 0 bridgehead atoms. The van der Waals surface area contributed by atoms with Gasteiger partial charge in [0.15, 0.2) is 11.5 Å². The summed E-state index contributed by atoms with van der Waals surface area (Å²) in [4.78, 5) is 14.3. The number of halogens is 1. The van der Waals surface area contributed by atoms with Crippen LogP contribution in [-0.4, -0.2) is 32.1 Å². The van der Waals surface area contributed by atoms with Gasteiger partial charge in [-0.05, 0) is 46.8 Å². The van der Waals surface area contributed by atoms with Crippen molar-refractivity contribution in [1.82, 2.24) is 4.90 Å². The highest BCUT2D eigenvalue weighted by Gasteiger charge is 2.23. The van der Waals surface area contributed by atoms with E-state index in [2.05, 4.69) is 22.9 Å². The van der Waals surface area contributed by atoms with Crippen LogP contribution in [0.15, 0.2) is 22.3 Å². The van der Waals surface area contributed by atoms with Gasteiger partial charge in [-0.3, -0.25) is 4.79 Å². The van der Waals surface area contributed by atoms with Crippen LogP contribution in [0.25, 0.3) is 0 Å². The van der Waals surface area contributed by atoms with Crippen molar-refractivity contribution in [2.75, 3.05) is 21.3 Å². The van der Waals surface area contributed by atoms with Gasteiger partial charge < -0.3 is 19.1 Å². The van der Waals surface area contributed by atoms with Crippen molar-refractivity contribution < 1.29 is 19.0 Å². The maximum absolute atomic E-state index is 12.4. The van der Waals surface area contributed by atoms with E-state index in [1.54, 1.807) is 21.3 Å². The van der Waals surface area contributed by atoms with Crippen LogP contribution in [0.4, 0.5) is 0 Å². The minimum absolute atomic E-state index is 0.146. The summed E-state index contributed by atoms with van der Waals surface area (Å²) in [6.07, 6.45) is 9.50. The van der Waals surface area contributed by atoms with Crippen molar-refractivity contribution in [3.8, 4) is 17.2 Å². The molecule has 27 heavy (non-hydrogen) atoms. The first kappa shape index (κ1) is 21.6. The van der Waals surface area contributed by atoms with Crippen molar-refractivity contribution in [3.05, 3.63) is 27.9 Å². The second-order valence-electron chi connectivity index (χ2n) is 6.74. The molecule has 0 atom stereocenters. The summed E-state index contributed by atoms with van der Waals surface area (Å²) in [5, 5.41) is 0. The number of methoxy groups -OCH3 is 3. The first-order valence-corrected chi connectivity index (χ1v) is 10.3. The minimum Gasteiger partial charge on any atom is -0.493 e. The fourth-order valence-corrected chi connectivity index (χ4v) is 3.92.